The predicted octanol–water partition coefficient (Wildman–Crippen LogP) is 3.87. The molecule has 0 aliphatic carbocycles. The minimum Gasteiger partial charge on any atom is -0.300 e. The van der Waals surface area contributed by atoms with Crippen molar-refractivity contribution in [2.24, 2.45) is 5.92 Å². The highest BCUT2D eigenvalue weighted by atomic mass is 32.2. The first kappa shape index (κ1) is 19.8. The quantitative estimate of drug-likeness (QED) is 0.802. The van der Waals surface area contributed by atoms with Crippen LogP contribution in [-0.4, -0.2) is 49.8 Å². The average Bonchev–Trinajstić information content (AvgIpc) is 2.61. The summed E-state index contributed by atoms with van der Waals surface area (Å²) in [6, 6.07) is 8.00. The van der Waals surface area contributed by atoms with Gasteiger partial charge in [0.1, 0.15) is 0 Å². The maximum atomic E-state index is 13.0. The van der Waals surface area contributed by atoms with Crippen molar-refractivity contribution in [2.75, 3.05) is 26.2 Å². The van der Waals surface area contributed by atoms with Crippen LogP contribution >= 0.6 is 0 Å². The van der Waals surface area contributed by atoms with Crippen molar-refractivity contribution in [1.82, 2.24) is 9.21 Å². The van der Waals surface area contributed by atoms with Gasteiger partial charge >= 0.3 is 0 Å². The van der Waals surface area contributed by atoms with Crippen LogP contribution in [0.2, 0.25) is 0 Å². The molecule has 1 unspecified atom stereocenters. The third kappa shape index (κ3) is 4.32. The summed E-state index contributed by atoms with van der Waals surface area (Å²) < 4.78 is 27.7. The molecule has 4 nitrogen and oxygen atoms in total. The highest BCUT2D eigenvalue weighted by molar-refractivity contribution is 7.89. The molecule has 1 aromatic rings. The Labute approximate surface area is 159 Å². The molecule has 2 heterocycles. The van der Waals surface area contributed by atoms with Crippen LogP contribution in [0.5, 0.6) is 0 Å². The fourth-order valence-electron chi connectivity index (χ4n) is 4.28. The summed E-state index contributed by atoms with van der Waals surface area (Å²) in [7, 11) is -3.37. The lowest BCUT2D eigenvalue weighted by Gasteiger charge is -2.41. The molecule has 0 amide bonds. The van der Waals surface area contributed by atoms with E-state index in [0.717, 1.165) is 24.3 Å². The van der Waals surface area contributed by atoms with Crippen molar-refractivity contribution in [3.05, 3.63) is 29.8 Å². The Morgan fingerprint density at radius 2 is 1.58 bits per heavy atom. The zero-order chi connectivity index (χ0) is 18.9. The Hall–Kier alpha value is -0.910. The third-order valence-corrected chi connectivity index (χ3v) is 7.90. The molecule has 0 saturated carbocycles. The summed E-state index contributed by atoms with van der Waals surface area (Å²) in [5.41, 5.74) is 1.20. The monoisotopic (exact) mass is 378 g/mol. The average molecular weight is 379 g/mol. The normalized spacial score (nSPS) is 24.7. The molecule has 2 saturated heterocycles. The van der Waals surface area contributed by atoms with E-state index in [1.807, 2.05) is 12.1 Å². The maximum Gasteiger partial charge on any atom is 0.243 e. The SMILES string of the molecule is CC1CCCN(C2CCN(S(=O)(=O)c3ccc(C(C)(C)C)cc3)CC2)C1. The van der Waals surface area contributed by atoms with Gasteiger partial charge in [-0.25, -0.2) is 8.42 Å². The van der Waals surface area contributed by atoms with E-state index in [1.54, 1.807) is 16.4 Å². The smallest absolute Gasteiger partial charge is 0.243 e. The topological polar surface area (TPSA) is 40.6 Å². The first-order valence-electron chi connectivity index (χ1n) is 10.0. The summed E-state index contributed by atoms with van der Waals surface area (Å²) in [6.45, 7) is 12.4. The van der Waals surface area contributed by atoms with Gasteiger partial charge < -0.3 is 4.90 Å². The second-order valence-electron chi connectivity index (χ2n) is 9.15. The number of hydrogen-bond donors (Lipinski definition) is 0. The first-order valence-corrected chi connectivity index (χ1v) is 11.5. The fourth-order valence-corrected chi connectivity index (χ4v) is 5.75. The number of likely N-dealkylation sites (tertiary alicyclic amines) is 1. The molecule has 2 fully saturated rings. The van der Waals surface area contributed by atoms with E-state index in [1.165, 1.54) is 25.9 Å². The molecule has 1 aromatic carbocycles. The van der Waals surface area contributed by atoms with Crippen molar-refractivity contribution < 1.29 is 8.42 Å². The molecule has 0 spiro atoms. The minimum atomic E-state index is -3.37. The Balaban J connectivity index is 1.64. The van der Waals surface area contributed by atoms with Crippen LogP contribution in [0.3, 0.4) is 0 Å². The van der Waals surface area contributed by atoms with Crippen LogP contribution < -0.4 is 0 Å². The van der Waals surface area contributed by atoms with Gasteiger partial charge in [-0.2, -0.15) is 4.31 Å². The second-order valence-corrected chi connectivity index (χ2v) is 11.1. The number of nitrogens with zero attached hydrogens (tertiary/aromatic N) is 2. The molecule has 2 aliphatic heterocycles. The van der Waals surface area contributed by atoms with E-state index in [0.29, 0.717) is 24.0 Å². The minimum absolute atomic E-state index is 0.0339. The van der Waals surface area contributed by atoms with Gasteiger partial charge in [0, 0.05) is 25.7 Å². The molecule has 5 heteroatoms. The number of hydrogen-bond acceptors (Lipinski definition) is 3. The Bertz CT molecular complexity index is 699. The van der Waals surface area contributed by atoms with Crippen LogP contribution in [-0.2, 0) is 15.4 Å². The van der Waals surface area contributed by atoms with Crippen LogP contribution in [0.1, 0.15) is 58.9 Å². The van der Waals surface area contributed by atoms with E-state index >= 15 is 0 Å². The zero-order valence-electron chi connectivity index (χ0n) is 16.7. The van der Waals surface area contributed by atoms with Crippen molar-refractivity contribution in [2.45, 2.75) is 69.7 Å². The molecular formula is C21H34N2O2S. The molecule has 2 aliphatic rings. The Kier molecular flexibility index (Phi) is 5.80. The highest BCUT2D eigenvalue weighted by Crippen LogP contribution is 2.28. The highest BCUT2D eigenvalue weighted by Gasteiger charge is 2.33. The number of sulfonamides is 1. The number of rotatable bonds is 3. The molecular weight excluding hydrogens is 344 g/mol. The standard InChI is InChI=1S/C21H34N2O2S/c1-17-6-5-13-22(16-17)19-11-14-23(15-12-19)26(24,25)20-9-7-18(8-10-20)21(2,3)4/h7-10,17,19H,5-6,11-16H2,1-4H3. The zero-order valence-corrected chi connectivity index (χ0v) is 17.6. The van der Waals surface area contributed by atoms with Crippen LogP contribution in [0.4, 0.5) is 0 Å². The van der Waals surface area contributed by atoms with Gasteiger partial charge in [0.05, 0.1) is 4.90 Å². The first-order chi connectivity index (χ1) is 12.2. The maximum absolute atomic E-state index is 13.0. The van der Waals surface area contributed by atoms with Crippen LogP contribution in [0.25, 0.3) is 0 Å². The number of benzene rings is 1. The summed E-state index contributed by atoms with van der Waals surface area (Å²) >= 11 is 0. The molecule has 0 N–H and O–H groups in total. The van der Waals surface area contributed by atoms with Gasteiger partial charge in [-0.3, -0.25) is 0 Å². The van der Waals surface area contributed by atoms with Crippen molar-refractivity contribution in [3.8, 4) is 0 Å². The molecule has 0 bridgehead atoms. The summed E-state index contributed by atoms with van der Waals surface area (Å²) in [5.74, 6) is 0.770. The molecule has 3 rings (SSSR count). The summed E-state index contributed by atoms with van der Waals surface area (Å²) in [4.78, 5) is 3.02. The Morgan fingerprint density at radius 1 is 0.962 bits per heavy atom. The lowest BCUT2D eigenvalue weighted by molar-refractivity contribution is 0.0944. The van der Waals surface area contributed by atoms with E-state index in [9.17, 15) is 8.42 Å². The van der Waals surface area contributed by atoms with E-state index in [4.69, 9.17) is 0 Å². The fraction of sp³-hybridized carbons (Fsp3) is 0.714. The molecule has 0 aromatic heterocycles. The largest absolute Gasteiger partial charge is 0.300 e. The van der Waals surface area contributed by atoms with Gasteiger partial charge in [0.25, 0.3) is 0 Å². The van der Waals surface area contributed by atoms with Gasteiger partial charge in [-0.05, 0) is 61.3 Å². The van der Waals surface area contributed by atoms with Crippen molar-refractivity contribution >= 4 is 10.0 Å². The molecule has 0 radical (unpaired) electrons. The second kappa shape index (κ2) is 7.61. The van der Waals surface area contributed by atoms with Gasteiger partial charge in [-0.1, -0.05) is 39.8 Å². The van der Waals surface area contributed by atoms with Crippen molar-refractivity contribution in [1.29, 1.82) is 0 Å². The predicted molar refractivity (Wildman–Crippen MR) is 107 cm³/mol. The summed E-state index contributed by atoms with van der Waals surface area (Å²) in [6.07, 6.45) is 4.51. The number of piperidine rings is 2. The third-order valence-electron chi connectivity index (χ3n) is 5.99. The van der Waals surface area contributed by atoms with Crippen LogP contribution in [0, 0.1) is 5.92 Å². The van der Waals surface area contributed by atoms with Crippen LogP contribution in [0.15, 0.2) is 29.2 Å². The molecule has 26 heavy (non-hydrogen) atoms. The lowest BCUT2D eigenvalue weighted by Crippen LogP contribution is -2.49. The van der Waals surface area contributed by atoms with Gasteiger partial charge in [0.2, 0.25) is 10.0 Å². The summed E-state index contributed by atoms with van der Waals surface area (Å²) in [5, 5.41) is 0. The van der Waals surface area contributed by atoms with E-state index < -0.39 is 10.0 Å². The van der Waals surface area contributed by atoms with E-state index in [2.05, 4.69) is 32.6 Å². The Morgan fingerprint density at radius 3 is 2.12 bits per heavy atom. The molecule has 1 atom stereocenters. The van der Waals surface area contributed by atoms with E-state index in [-0.39, 0.29) is 5.41 Å². The van der Waals surface area contributed by atoms with Gasteiger partial charge in [-0.15, -0.1) is 0 Å². The van der Waals surface area contributed by atoms with Crippen molar-refractivity contribution in [3.63, 3.8) is 0 Å². The van der Waals surface area contributed by atoms with Gasteiger partial charge in [0.15, 0.2) is 0 Å². The lowest BCUT2D eigenvalue weighted by atomic mass is 9.87. The molecule has 146 valence electrons.